The van der Waals surface area contributed by atoms with Crippen LogP contribution in [-0.4, -0.2) is 43.1 Å². The molecule has 2 aliphatic rings. The lowest BCUT2D eigenvalue weighted by Crippen LogP contribution is -2.41. The van der Waals surface area contributed by atoms with Crippen molar-refractivity contribution in [1.29, 1.82) is 0 Å². The normalized spacial score (nSPS) is 15.4. The molecule has 0 spiro atoms. The van der Waals surface area contributed by atoms with Crippen molar-refractivity contribution in [1.82, 2.24) is 4.90 Å². The molecule has 1 saturated heterocycles. The molecule has 0 aliphatic carbocycles. The monoisotopic (exact) mass is 473 g/mol. The first-order chi connectivity index (χ1) is 17.1. The Morgan fingerprint density at radius 3 is 2.46 bits per heavy atom. The third kappa shape index (κ3) is 5.73. The summed E-state index contributed by atoms with van der Waals surface area (Å²) in [4.78, 5) is 27.5. The average molecular weight is 474 g/mol. The molecule has 0 aromatic heterocycles. The molecule has 0 radical (unpaired) electrons. The highest BCUT2D eigenvalue weighted by Gasteiger charge is 2.26. The minimum atomic E-state index is -0.114. The zero-order valence-corrected chi connectivity index (χ0v) is 19.2. The van der Waals surface area contributed by atoms with Crippen LogP contribution in [0.25, 0.3) is 0 Å². The first kappa shape index (κ1) is 22.7. The van der Waals surface area contributed by atoms with Gasteiger partial charge in [0.25, 0.3) is 0 Å². The minimum Gasteiger partial charge on any atom is -0.455 e. The fraction of sp³-hybridized carbons (Fsp3) is 0.259. The maximum atomic E-state index is 12.7. The van der Waals surface area contributed by atoms with Crippen LogP contribution in [0.2, 0.25) is 0 Å². The molecule has 35 heavy (non-hydrogen) atoms. The standard InChI is InChI=1S/C27H27N3O5/c31-26(29-22-8-4-5-9-23(22)35-21-6-2-1-3-7-21)17-30-14-12-19(13-15-30)27(32)28-20-10-11-24-25(16-20)34-18-33-24/h1-11,16,19H,12-15,17-18H2,(H,28,32)(H,29,31). The summed E-state index contributed by atoms with van der Waals surface area (Å²) < 4.78 is 16.6. The zero-order valence-electron chi connectivity index (χ0n) is 19.2. The molecule has 3 aromatic carbocycles. The van der Waals surface area contributed by atoms with E-state index in [9.17, 15) is 9.59 Å². The summed E-state index contributed by atoms with van der Waals surface area (Å²) in [6.07, 6.45) is 1.38. The number of fused-ring (bicyclic) bond motifs is 1. The van der Waals surface area contributed by atoms with Gasteiger partial charge in [0.05, 0.1) is 12.2 Å². The predicted molar refractivity (Wildman–Crippen MR) is 132 cm³/mol. The van der Waals surface area contributed by atoms with Gasteiger partial charge in [-0.05, 0) is 62.3 Å². The maximum Gasteiger partial charge on any atom is 0.238 e. The van der Waals surface area contributed by atoms with Crippen LogP contribution < -0.4 is 24.8 Å². The van der Waals surface area contributed by atoms with E-state index in [0.29, 0.717) is 60.3 Å². The minimum absolute atomic E-state index is 0.0139. The summed E-state index contributed by atoms with van der Waals surface area (Å²) >= 11 is 0. The highest BCUT2D eigenvalue weighted by molar-refractivity contribution is 5.94. The fourth-order valence-electron chi connectivity index (χ4n) is 4.24. The lowest BCUT2D eigenvalue weighted by atomic mass is 9.95. The number of rotatable bonds is 7. The molecule has 5 rings (SSSR count). The molecule has 3 aromatic rings. The lowest BCUT2D eigenvalue weighted by molar-refractivity contribution is -0.121. The van der Waals surface area contributed by atoms with Crippen LogP contribution in [0.15, 0.2) is 72.8 Å². The lowest BCUT2D eigenvalue weighted by Gasteiger charge is -2.30. The van der Waals surface area contributed by atoms with Gasteiger partial charge in [0.2, 0.25) is 18.6 Å². The van der Waals surface area contributed by atoms with Crippen LogP contribution in [0, 0.1) is 5.92 Å². The Morgan fingerprint density at radius 2 is 1.63 bits per heavy atom. The molecule has 2 amide bonds. The van der Waals surface area contributed by atoms with Crippen molar-refractivity contribution in [2.45, 2.75) is 12.8 Å². The molecule has 2 N–H and O–H groups in total. The number of carbonyl (C=O) groups excluding carboxylic acids is 2. The van der Waals surface area contributed by atoms with Gasteiger partial charge in [0.1, 0.15) is 5.75 Å². The summed E-state index contributed by atoms with van der Waals surface area (Å²) in [5.74, 6) is 2.39. The molecule has 0 unspecified atom stereocenters. The van der Waals surface area contributed by atoms with Gasteiger partial charge in [-0.3, -0.25) is 14.5 Å². The topological polar surface area (TPSA) is 89.1 Å². The van der Waals surface area contributed by atoms with Crippen LogP contribution in [0.5, 0.6) is 23.0 Å². The predicted octanol–water partition coefficient (Wildman–Crippen LogP) is 4.50. The number of para-hydroxylation sites is 3. The van der Waals surface area contributed by atoms with E-state index in [0.717, 1.165) is 0 Å². The number of hydrogen-bond acceptors (Lipinski definition) is 6. The molecular weight excluding hydrogens is 446 g/mol. The third-order valence-electron chi connectivity index (χ3n) is 6.10. The van der Waals surface area contributed by atoms with E-state index in [1.54, 1.807) is 12.1 Å². The summed E-state index contributed by atoms with van der Waals surface area (Å²) in [5.41, 5.74) is 1.32. The van der Waals surface area contributed by atoms with Crippen molar-refractivity contribution in [3.8, 4) is 23.0 Å². The van der Waals surface area contributed by atoms with Gasteiger partial charge in [0, 0.05) is 17.7 Å². The van der Waals surface area contributed by atoms with Crippen molar-refractivity contribution in [2.24, 2.45) is 5.92 Å². The Kier molecular flexibility index (Phi) is 6.81. The number of hydrogen-bond donors (Lipinski definition) is 2. The molecule has 180 valence electrons. The van der Waals surface area contributed by atoms with Crippen molar-refractivity contribution < 1.29 is 23.8 Å². The number of anilines is 2. The third-order valence-corrected chi connectivity index (χ3v) is 6.10. The number of piperidine rings is 1. The molecule has 0 saturated carbocycles. The van der Waals surface area contributed by atoms with Gasteiger partial charge in [0.15, 0.2) is 17.2 Å². The highest BCUT2D eigenvalue weighted by Crippen LogP contribution is 2.34. The molecule has 8 heteroatoms. The summed E-state index contributed by atoms with van der Waals surface area (Å²) in [6.45, 7) is 1.81. The number of likely N-dealkylation sites (tertiary alicyclic amines) is 1. The van der Waals surface area contributed by atoms with E-state index in [4.69, 9.17) is 14.2 Å². The Labute approximate surface area is 203 Å². The summed E-state index contributed by atoms with van der Waals surface area (Å²) in [5, 5.41) is 5.93. The first-order valence-corrected chi connectivity index (χ1v) is 11.7. The molecule has 1 fully saturated rings. The quantitative estimate of drug-likeness (QED) is 0.525. The Balaban J connectivity index is 1.10. The Hall–Kier alpha value is -4.04. The van der Waals surface area contributed by atoms with E-state index in [1.807, 2.05) is 60.7 Å². The van der Waals surface area contributed by atoms with Crippen LogP contribution in [0.4, 0.5) is 11.4 Å². The van der Waals surface area contributed by atoms with Crippen LogP contribution in [0.3, 0.4) is 0 Å². The zero-order chi connectivity index (χ0) is 24.0. The number of amides is 2. The van der Waals surface area contributed by atoms with E-state index < -0.39 is 0 Å². The van der Waals surface area contributed by atoms with E-state index >= 15 is 0 Å². The molecule has 2 heterocycles. The largest absolute Gasteiger partial charge is 0.455 e. The first-order valence-electron chi connectivity index (χ1n) is 11.7. The van der Waals surface area contributed by atoms with Crippen LogP contribution in [-0.2, 0) is 9.59 Å². The van der Waals surface area contributed by atoms with Crippen molar-refractivity contribution in [3.63, 3.8) is 0 Å². The number of nitrogens with zero attached hydrogens (tertiary/aromatic N) is 1. The number of nitrogens with one attached hydrogen (secondary N) is 2. The maximum absolute atomic E-state index is 12.7. The Bertz CT molecular complexity index is 1190. The van der Waals surface area contributed by atoms with Gasteiger partial charge < -0.3 is 24.8 Å². The van der Waals surface area contributed by atoms with Gasteiger partial charge in [-0.1, -0.05) is 30.3 Å². The van der Waals surface area contributed by atoms with E-state index in [-0.39, 0.29) is 31.1 Å². The fourth-order valence-corrected chi connectivity index (χ4v) is 4.24. The number of carbonyl (C=O) groups is 2. The second kappa shape index (κ2) is 10.5. The number of benzene rings is 3. The molecule has 8 nitrogen and oxygen atoms in total. The summed E-state index contributed by atoms with van der Waals surface area (Å²) in [6, 6.07) is 22.2. The summed E-state index contributed by atoms with van der Waals surface area (Å²) in [7, 11) is 0. The second-order valence-corrected chi connectivity index (χ2v) is 8.57. The number of ether oxygens (including phenoxy) is 3. The van der Waals surface area contributed by atoms with Crippen molar-refractivity contribution in [3.05, 3.63) is 72.8 Å². The molecule has 2 aliphatic heterocycles. The van der Waals surface area contributed by atoms with Crippen LogP contribution in [0.1, 0.15) is 12.8 Å². The average Bonchev–Trinajstić information content (AvgIpc) is 3.34. The van der Waals surface area contributed by atoms with Gasteiger partial charge in [-0.15, -0.1) is 0 Å². The SMILES string of the molecule is O=C(CN1CCC(C(=O)Nc2ccc3c(c2)OCO3)CC1)Nc1ccccc1Oc1ccccc1. The van der Waals surface area contributed by atoms with Gasteiger partial charge >= 0.3 is 0 Å². The molecule has 0 atom stereocenters. The van der Waals surface area contributed by atoms with Gasteiger partial charge in [-0.25, -0.2) is 0 Å². The smallest absolute Gasteiger partial charge is 0.238 e. The second-order valence-electron chi connectivity index (χ2n) is 8.57. The van der Waals surface area contributed by atoms with Gasteiger partial charge in [-0.2, -0.15) is 0 Å². The van der Waals surface area contributed by atoms with Crippen LogP contribution >= 0.6 is 0 Å². The highest BCUT2D eigenvalue weighted by atomic mass is 16.7. The molecule has 0 bridgehead atoms. The van der Waals surface area contributed by atoms with E-state index in [2.05, 4.69) is 15.5 Å². The molecular formula is C27H27N3O5. The van der Waals surface area contributed by atoms with Crippen molar-refractivity contribution in [2.75, 3.05) is 37.1 Å². The van der Waals surface area contributed by atoms with E-state index in [1.165, 1.54) is 0 Å². The van der Waals surface area contributed by atoms with Crippen molar-refractivity contribution >= 4 is 23.2 Å². The Morgan fingerprint density at radius 1 is 0.886 bits per heavy atom.